The van der Waals surface area contributed by atoms with Crippen LogP contribution in [0.25, 0.3) is 0 Å². The Bertz CT molecular complexity index is 1080. The van der Waals surface area contributed by atoms with Crippen molar-refractivity contribution in [1.82, 2.24) is 10.2 Å². The summed E-state index contributed by atoms with van der Waals surface area (Å²) in [7, 11) is -1.07. The fourth-order valence-electron chi connectivity index (χ4n) is 4.44. The highest BCUT2D eigenvalue weighted by molar-refractivity contribution is 7.88. The lowest BCUT2D eigenvalue weighted by atomic mass is 10.0. The number of benzene rings is 1. The predicted octanol–water partition coefficient (Wildman–Crippen LogP) is 3.74. The van der Waals surface area contributed by atoms with Crippen LogP contribution in [-0.4, -0.2) is 50.1 Å². The molecular weight excluding hydrogens is 478 g/mol. The minimum Gasteiger partial charge on any atom is -0.348 e. The van der Waals surface area contributed by atoms with E-state index in [1.165, 1.54) is 11.3 Å². The van der Waals surface area contributed by atoms with E-state index in [2.05, 4.69) is 5.32 Å². The first-order valence-electron chi connectivity index (χ1n) is 11.2. The van der Waals surface area contributed by atoms with Crippen LogP contribution in [0.4, 0.5) is 0 Å². The van der Waals surface area contributed by atoms with E-state index in [9.17, 15) is 13.8 Å². The maximum Gasteiger partial charge on any atom is 0.264 e. The molecule has 2 aromatic rings. The maximum atomic E-state index is 13.3. The number of nitrogens with zero attached hydrogens (tertiary/aromatic N) is 1. The molecule has 1 fully saturated rings. The fraction of sp³-hybridized carbons (Fsp3) is 0.500. The second-order valence-electron chi connectivity index (χ2n) is 9.49. The molecule has 6 nitrogen and oxygen atoms in total. The molecule has 2 amide bonds. The Hall–Kier alpha value is -1.74. The highest BCUT2D eigenvalue weighted by Crippen LogP contribution is 2.47. The molecule has 1 unspecified atom stereocenters. The van der Waals surface area contributed by atoms with E-state index in [1.54, 1.807) is 17.5 Å². The number of amides is 2. The van der Waals surface area contributed by atoms with Crippen LogP contribution in [0, 0.1) is 0 Å². The van der Waals surface area contributed by atoms with Crippen molar-refractivity contribution >= 4 is 45.6 Å². The van der Waals surface area contributed by atoms with Gasteiger partial charge in [-0.05, 0) is 69.3 Å². The summed E-state index contributed by atoms with van der Waals surface area (Å²) in [5, 5.41) is 5.37. The highest BCUT2D eigenvalue weighted by Gasteiger charge is 2.54. The van der Waals surface area contributed by atoms with E-state index in [-0.39, 0.29) is 21.3 Å². The molecule has 4 rings (SSSR count). The Kier molecular flexibility index (Phi) is 7.01. The van der Waals surface area contributed by atoms with E-state index in [0.717, 1.165) is 24.0 Å². The number of fused-ring (bicyclic) bond motifs is 1. The molecule has 1 saturated carbocycles. The zero-order valence-corrected chi connectivity index (χ0v) is 21.4. The van der Waals surface area contributed by atoms with E-state index in [4.69, 9.17) is 17.3 Å². The normalized spacial score (nSPS) is 18.1. The highest BCUT2D eigenvalue weighted by atomic mass is 35.5. The van der Waals surface area contributed by atoms with Gasteiger partial charge in [-0.15, -0.1) is 11.3 Å². The summed E-state index contributed by atoms with van der Waals surface area (Å²) in [5.41, 5.74) is 8.08. The number of carbonyl (C=O) groups excluding carboxylic acids is 2. The molecule has 1 aliphatic heterocycles. The van der Waals surface area contributed by atoms with E-state index in [1.807, 2.05) is 30.9 Å². The number of hydrogen-bond donors (Lipinski definition) is 2. The van der Waals surface area contributed by atoms with Crippen molar-refractivity contribution in [1.29, 1.82) is 0 Å². The van der Waals surface area contributed by atoms with E-state index >= 15 is 0 Å². The van der Waals surface area contributed by atoms with Gasteiger partial charge in [0.15, 0.2) is 0 Å². The van der Waals surface area contributed by atoms with Crippen LogP contribution in [0.1, 0.15) is 64.3 Å². The summed E-state index contributed by atoms with van der Waals surface area (Å²) in [6, 6.07) is 7.33. The van der Waals surface area contributed by atoms with Gasteiger partial charge in [0.2, 0.25) is 0 Å². The molecule has 2 aliphatic rings. The van der Waals surface area contributed by atoms with Crippen LogP contribution in [0.15, 0.2) is 29.6 Å². The van der Waals surface area contributed by atoms with Crippen molar-refractivity contribution in [2.24, 2.45) is 5.73 Å². The van der Waals surface area contributed by atoms with Crippen LogP contribution >= 0.6 is 22.9 Å². The first-order chi connectivity index (χ1) is 15.7. The molecule has 0 spiro atoms. The van der Waals surface area contributed by atoms with Crippen LogP contribution in [-0.2, 0) is 23.8 Å². The summed E-state index contributed by atoms with van der Waals surface area (Å²) in [5.74, 6) is -0.232. The Balaban J connectivity index is 1.42. The van der Waals surface area contributed by atoms with Crippen LogP contribution < -0.4 is 11.1 Å². The van der Waals surface area contributed by atoms with Gasteiger partial charge in [0, 0.05) is 45.6 Å². The Morgan fingerprint density at radius 1 is 1.30 bits per heavy atom. The van der Waals surface area contributed by atoms with Gasteiger partial charge in [-0.2, -0.15) is 0 Å². The molecule has 1 atom stereocenters. The quantitative estimate of drug-likeness (QED) is 0.540. The zero-order valence-electron chi connectivity index (χ0n) is 19.0. The van der Waals surface area contributed by atoms with Gasteiger partial charge in [-0.25, -0.2) is 0 Å². The molecule has 0 bridgehead atoms. The number of thiophene rings is 1. The fourth-order valence-corrected chi connectivity index (χ4v) is 7.86. The molecule has 178 valence electrons. The molecule has 1 aliphatic carbocycles. The molecule has 0 radical (unpaired) electrons. The molecule has 0 saturated heterocycles. The lowest BCUT2D eigenvalue weighted by Crippen LogP contribution is -2.47. The predicted molar refractivity (Wildman–Crippen MR) is 134 cm³/mol. The van der Waals surface area contributed by atoms with Gasteiger partial charge in [0.1, 0.15) is 0 Å². The standard InChI is InChI=1S/C24H30ClN3O3S2/c1-23(2,10-11-26)33(31)24(8-9-24)15-28-12-7-18-19(14-32-20(18)22(28)30)21(29)27-13-16-3-5-17(25)6-4-16/h3-6,14H,7-13,15,26H2,1-2H3,(H,27,29). The minimum absolute atomic E-state index is 0.0575. The van der Waals surface area contributed by atoms with E-state index in [0.29, 0.717) is 54.5 Å². The number of carbonyl (C=O) groups is 2. The van der Waals surface area contributed by atoms with Crippen molar-refractivity contribution < 1.29 is 13.8 Å². The van der Waals surface area contributed by atoms with Crippen LogP contribution in [0.3, 0.4) is 0 Å². The second kappa shape index (κ2) is 9.49. The summed E-state index contributed by atoms with van der Waals surface area (Å²) in [6.45, 7) is 5.94. The Morgan fingerprint density at radius 3 is 2.64 bits per heavy atom. The third-order valence-corrected chi connectivity index (χ3v) is 10.3. The van der Waals surface area contributed by atoms with Crippen molar-refractivity contribution in [3.05, 3.63) is 56.2 Å². The Labute approximate surface area is 206 Å². The summed E-state index contributed by atoms with van der Waals surface area (Å²) < 4.78 is 12.6. The maximum absolute atomic E-state index is 13.3. The molecular formula is C24H30ClN3O3S2. The topological polar surface area (TPSA) is 92.5 Å². The van der Waals surface area contributed by atoms with Crippen molar-refractivity contribution in [3.63, 3.8) is 0 Å². The lowest BCUT2D eigenvalue weighted by molar-refractivity contribution is 0.0742. The average Bonchev–Trinajstić information content (AvgIpc) is 3.43. The molecule has 9 heteroatoms. The van der Waals surface area contributed by atoms with Gasteiger partial charge < -0.3 is 16.0 Å². The molecule has 3 N–H and O–H groups in total. The largest absolute Gasteiger partial charge is 0.348 e. The summed E-state index contributed by atoms with van der Waals surface area (Å²) >= 11 is 7.24. The molecule has 1 aromatic carbocycles. The van der Waals surface area contributed by atoms with Crippen LogP contribution in [0.2, 0.25) is 5.02 Å². The third kappa shape index (κ3) is 5.04. The van der Waals surface area contributed by atoms with Gasteiger partial charge >= 0.3 is 0 Å². The second-order valence-corrected chi connectivity index (χ2v) is 13.3. The number of nitrogens with one attached hydrogen (secondary N) is 1. The van der Waals surface area contributed by atoms with Crippen molar-refractivity contribution in [2.45, 2.75) is 55.6 Å². The minimum atomic E-state index is -1.07. The number of hydrogen-bond acceptors (Lipinski definition) is 5. The first kappa shape index (κ1) is 24.4. The third-order valence-electron chi connectivity index (χ3n) is 6.55. The number of rotatable bonds is 9. The van der Waals surface area contributed by atoms with E-state index < -0.39 is 10.8 Å². The smallest absolute Gasteiger partial charge is 0.264 e. The molecule has 33 heavy (non-hydrogen) atoms. The lowest BCUT2D eigenvalue weighted by Gasteiger charge is -2.34. The molecule has 2 heterocycles. The van der Waals surface area contributed by atoms with Gasteiger partial charge in [-0.1, -0.05) is 23.7 Å². The Morgan fingerprint density at radius 2 is 2.00 bits per heavy atom. The monoisotopic (exact) mass is 507 g/mol. The molecule has 1 aromatic heterocycles. The number of halogens is 1. The van der Waals surface area contributed by atoms with Gasteiger partial charge in [0.05, 0.1) is 15.2 Å². The number of nitrogens with two attached hydrogens (primary N) is 1. The summed E-state index contributed by atoms with van der Waals surface area (Å²) in [6.07, 6.45) is 3.06. The van der Waals surface area contributed by atoms with Gasteiger partial charge in [-0.3, -0.25) is 13.8 Å². The summed E-state index contributed by atoms with van der Waals surface area (Å²) in [4.78, 5) is 28.5. The zero-order chi connectivity index (χ0) is 23.8. The first-order valence-corrected chi connectivity index (χ1v) is 13.6. The van der Waals surface area contributed by atoms with Gasteiger partial charge in [0.25, 0.3) is 11.8 Å². The average molecular weight is 508 g/mol. The van der Waals surface area contributed by atoms with Crippen LogP contribution in [0.5, 0.6) is 0 Å². The van der Waals surface area contributed by atoms with Crippen molar-refractivity contribution in [3.8, 4) is 0 Å². The van der Waals surface area contributed by atoms with Crippen molar-refractivity contribution in [2.75, 3.05) is 19.6 Å². The SMILES string of the molecule is CC(C)(CCN)S(=O)C1(CN2CCc3c(C(=O)NCc4ccc(Cl)cc4)csc3C2=O)CC1.